The maximum Gasteiger partial charge on any atom is 0.244 e. The topological polar surface area (TPSA) is 74.6 Å². The molecule has 0 amide bonds. The first kappa shape index (κ1) is 13.0. The number of aliphatic hydroxyl groups is 2. The highest BCUT2D eigenvalue weighted by Gasteiger charge is 2.27. The summed E-state index contributed by atoms with van der Waals surface area (Å²) in [6.07, 6.45) is 2.82. The van der Waals surface area contributed by atoms with E-state index in [1.165, 1.54) is 13.0 Å². The Morgan fingerprint density at radius 1 is 1.21 bits per heavy atom. The molecule has 14 heavy (non-hydrogen) atoms. The van der Waals surface area contributed by atoms with Gasteiger partial charge in [0.05, 0.1) is 0 Å². The summed E-state index contributed by atoms with van der Waals surface area (Å²) in [5.74, 6) is -3.12. The minimum atomic E-state index is -2.43. The lowest BCUT2D eigenvalue weighted by atomic mass is 10.1. The Kier molecular flexibility index (Phi) is 5.27. The predicted octanol–water partition coefficient (Wildman–Crippen LogP) is 0.572. The first-order valence-corrected chi connectivity index (χ1v) is 4.61. The van der Waals surface area contributed by atoms with Gasteiger partial charge in [-0.05, 0) is 6.08 Å². The zero-order valence-electron chi connectivity index (χ0n) is 8.49. The van der Waals surface area contributed by atoms with Crippen molar-refractivity contribution in [2.24, 2.45) is 0 Å². The van der Waals surface area contributed by atoms with Crippen LogP contribution in [-0.4, -0.2) is 27.6 Å². The molecule has 4 nitrogen and oxygen atoms in total. The second-order valence-electron chi connectivity index (χ2n) is 3.00. The lowest BCUT2D eigenvalue weighted by molar-refractivity contribution is -0.165. The summed E-state index contributed by atoms with van der Waals surface area (Å²) >= 11 is 0. The molecule has 2 N–H and O–H groups in total. The molecule has 0 unspecified atom stereocenters. The van der Waals surface area contributed by atoms with Crippen LogP contribution in [0.2, 0.25) is 0 Å². The third-order valence-electron chi connectivity index (χ3n) is 1.82. The van der Waals surface area contributed by atoms with Gasteiger partial charge in [-0.2, -0.15) is 0 Å². The lowest BCUT2D eigenvalue weighted by Crippen LogP contribution is -2.35. The third-order valence-corrected chi connectivity index (χ3v) is 1.82. The molecule has 0 spiro atoms. The van der Waals surface area contributed by atoms with E-state index < -0.39 is 11.6 Å². The van der Waals surface area contributed by atoms with Crippen LogP contribution in [0.15, 0.2) is 12.2 Å². The standard InChI is InChI=1S/C10H16O4/c1-3-8(11)6-5-7-10(13,14)9(12)4-2/h5,7,13-14H,3-4,6H2,1-2H3. The SMILES string of the molecule is CCC(=O)CC=CC(O)(O)C(=O)CC. The number of carbonyl (C=O) groups is 2. The zero-order chi connectivity index (χ0) is 11.2. The van der Waals surface area contributed by atoms with Crippen LogP contribution in [0, 0.1) is 0 Å². The van der Waals surface area contributed by atoms with Gasteiger partial charge in [-0.15, -0.1) is 0 Å². The van der Waals surface area contributed by atoms with Crippen LogP contribution in [0.1, 0.15) is 33.1 Å². The Morgan fingerprint density at radius 3 is 2.21 bits per heavy atom. The van der Waals surface area contributed by atoms with E-state index >= 15 is 0 Å². The molecular weight excluding hydrogens is 184 g/mol. The van der Waals surface area contributed by atoms with Crippen molar-refractivity contribution < 1.29 is 19.8 Å². The Hall–Kier alpha value is -1.00. The van der Waals surface area contributed by atoms with Gasteiger partial charge in [0.1, 0.15) is 5.78 Å². The average molecular weight is 200 g/mol. The molecule has 0 saturated carbocycles. The van der Waals surface area contributed by atoms with Gasteiger partial charge in [0.2, 0.25) is 5.79 Å². The monoisotopic (exact) mass is 200 g/mol. The van der Waals surface area contributed by atoms with Crippen molar-refractivity contribution in [2.75, 3.05) is 0 Å². The molecule has 0 radical (unpaired) electrons. The van der Waals surface area contributed by atoms with E-state index in [2.05, 4.69) is 0 Å². The molecule has 0 aromatic rings. The second-order valence-corrected chi connectivity index (χ2v) is 3.00. The normalized spacial score (nSPS) is 12.0. The molecule has 0 aromatic heterocycles. The molecule has 0 aliphatic heterocycles. The van der Waals surface area contributed by atoms with E-state index in [4.69, 9.17) is 0 Å². The maximum atomic E-state index is 10.9. The molecule has 0 heterocycles. The Morgan fingerprint density at radius 2 is 1.79 bits per heavy atom. The van der Waals surface area contributed by atoms with Crippen molar-refractivity contribution in [3.8, 4) is 0 Å². The molecule has 0 atom stereocenters. The third kappa shape index (κ3) is 4.30. The lowest BCUT2D eigenvalue weighted by Gasteiger charge is -2.14. The summed E-state index contributed by atoms with van der Waals surface area (Å²) in [7, 11) is 0. The largest absolute Gasteiger partial charge is 0.357 e. The highest BCUT2D eigenvalue weighted by Crippen LogP contribution is 2.07. The van der Waals surface area contributed by atoms with Crippen LogP contribution in [0.3, 0.4) is 0 Å². The average Bonchev–Trinajstić information content (AvgIpc) is 2.15. The van der Waals surface area contributed by atoms with Crippen LogP contribution < -0.4 is 0 Å². The summed E-state index contributed by atoms with van der Waals surface area (Å²) in [5.41, 5.74) is 0. The Bertz CT molecular complexity index is 241. The van der Waals surface area contributed by atoms with Gasteiger partial charge in [0.25, 0.3) is 0 Å². The van der Waals surface area contributed by atoms with Crippen LogP contribution in [0.4, 0.5) is 0 Å². The summed E-state index contributed by atoms with van der Waals surface area (Å²) in [4.78, 5) is 21.8. The van der Waals surface area contributed by atoms with E-state index in [0.29, 0.717) is 6.42 Å². The highest BCUT2D eigenvalue weighted by molar-refractivity contribution is 5.87. The minimum absolute atomic E-state index is 0.0130. The highest BCUT2D eigenvalue weighted by atomic mass is 16.5. The molecule has 80 valence electrons. The van der Waals surface area contributed by atoms with E-state index in [1.54, 1.807) is 6.92 Å². The number of carbonyl (C=O) groups excluding carboxylic acids is 2. The van der Waals surface area contributed by atoms with Crippen molar-refractivity contribution in [1.29, 1.82) is 0 Å². The smallest absolute Gasteiger partial charge is 0.244 e. The Balaban J connectivity index is 4.21. The van der Waals surface area contributed by atoms with Crippen LogP contribution in [0.25, 0.3) is 0 Å². The van der Waals surface area contributed by atoms with Gasteiger partial charge >= 0.3 is 0 Å². The summed E-state index contributed by atoms with van der Waals surface area (Å²) in [6.45, 7) is 3.26. The van der Waals surface area contributed by atoms with Gasteiger partial charge < -0.3 is 10.2 Å². The first-order valence-electron chi connectivity index (χ1n) is 4.61. The van der Waals surface area contributed by atoms with Gasteiger partial charge in [-0.25, -0.2) is 0 Å². The second kappa shape index (κ2) is 5.67. The van der Waals surface area contributed by atoms with E-state index in [9.17, 15) is 19.8 Å². The van der Waals surface area contributed by atoms with Crippen molar-refractivity contribution >= 4 is 11.6 Å². The predicted molar refractivity (Wildman–Crippen MR) is 51.5 cm³/mol. The van der Waals surface area contributed by atoms with Crippen molar-refractivity contribution in [2.45, 2.75) is 38.9 Å². The summed E-state index contributed by atoms with van der Waals surface area (Å²) in [6, 6.07) is 0. The molecular formula is C10H16O4. The molecule has 0 aromatic carbocycles. The fraction of sp³-hybridized carbons (Fsp3) is 0.600. The molecule has 0 fully saturated rings. The van der Waals surface area contributed by atoms with Crippen LogP contribution >= 0.6 is 0 Å². The molecule has 4 heteroatoms. The Labute approximate surface area is 83.2 Å². The molecule has 0 aliphatic rings. The molecule has 0 aliphatic carbocycles. The summed E-state index contributed by atoms with van der Waals surface area (Å²) in [5, 5.41) is 18.4. The summed E-state index contributed by atoms with van der Waals surface area (Å²) < 4.78 is 0. The fourth-order valence-corrected chi connectivity index (χ4v) is 0.852. The van der Waals surface area contributed by atoms with Gasteiger partial charge in [0, 0.05) is 19.3 Å². The number of allylic oxidation sites excluding steroid dienone is 1. The maximum absolute atomic E-state index is 10.9. The van der Waals surface area contributed by atoms with Gasteiger partial charge in [0.15, 0.2) is 5.78 Å². The van der Waals surface area contributed by atoms with E-state index in [1.807, 2.05) is 0 Å². The van der Waals surface area contributed by atoms with E-state index in [0.717, 1.165) is 6.08 Å². The van der Waals surface area contributed by atoms with Crippen molar-refractivity contribution in [3.05, 3.63) is 12.2 Å². The quantitative estimate of drug-likeness (QED) is 0.485. The van der Waals surface area contributed by atoms with E-state index in [-0.39, 0.29) is 18.6 Å². The number of hydrogen-bond acceptors (Lipinski definition) is 4. The van der Waals surface area contributed by atoms with Gasteiger partial charge in [-0.3, -0.25) is 9.59 Å². The van der Waals surface area contributed by atoms with Crippen LogP contribution in [-0.2, 0) is 9.59 Å². The fourth-order valence-electron chi connectivity index (χ4n) is 0.852. The number of rotatable bonds is 6. The number of hydrogen-bond donors (Lipinski definition) is 2. The number of Topliss-reactive ketones (excluding diaryl/α,β-unsaturated/α-hetero) is 2. The molecule has 0 rings (SSSR count). The minimum Gasteiger partial charge on any atom is -0.357 e. The first-order chi connectivity index (χ1) is 6.44. The molecule has 0 saturated heterocycles. The van der Waals surface area contributed by atoms with Crippen molar-refractivity contribution in [3.63, 3.8) is 0 Å². The zero-order valence-corrected chi connectivity index (χ0v) is 8.49. The van der Waals surface area contributed by atoms with Crippen LogP contribution in [0.5, 0.6) is 0 Å². The van der Waals surface area contributed by atoms with Gasteiger partial charge in [-0.1, -0.05) is 19.9 Å². The molecule has 0 bridgehead atoms. The van der Waals surface area contributed by atoms with Crippen molar-refractivity contribution in [1.82, 2.24) is 0 Å². The number of ketones is 2.